The lowest BCUT2D eigenvalue weighted by Gasteiger charge is -2.37. The minimum absolute atomic E-state index is 0.0630. The molecule has 8 nitrogen and oxygen atoms in total. The van der Waals surface area contributed by atoms with Crippen molar-refractivity contribution in [2.45, 2.75) is 46.2 Å². The Morgan fingerprint density at radius 2 is 2.04 bits per heavy atom. The average molecular weight is 359 g/mol. The molecule has 2 aromatic rings. The molecular weight excluding hydrogens is 334 g/mol. The molecule has 1 saturated heterocycles. The number of aryl methyl sites for hydroxylation is 1. The molecule has 2 amide bonds. The third-order valence-corrected chi connectivity index (χ3v) is 5.01. The first-order valence-corrected chi connectivity index (χ1v) is 8.83. The van der Waals surface area contributed by atoms with E-state index in [-0.39, 0.29) is 30.0 Å². The largest absolute Gasteiger partial charge is 0.353 e. The number of aromatic amines is 2. The average Bonchev–Trinajstić information content (AvgIpc) is 2.93. The van der Waals surface area contributed by atoms with Crippen molar-refractivity contribution in [1.29, 1.82) is 0 Å². The molecule has 4 N–H and O–H groups in total. The second-order valence-electron chi connectivity index (χ2n) is 7.09. The number of fused-ring (bicyclic) bond motifs is 1. The van der Waals surface area contributed by atoms with E-state index in [4.69, 9.17) is 0 Å². The lowest BCUT2D eigenvalue weighted by molar-refractivity contribution is -0.133. The van der Waals surface area contributed by atoms with E-state index in [9.17, 15) is 14.4 Å². The van der Waals surface area contributed by atoms with Gasteiger partial charge in [-0.1, -0.05) is 0 Å². The minimum Gasteiger partial charge on any atom is -0.353 e. The summed E-state index contributed by atoms with van der Waals surface area (Å²) in [4.78, 5) is 44.1. The Balaban J connectivity index is 1.86. The van der Waals surface area contributed by atoms with Crippen molar-refractivity contribution in [3.63, 3.8) is 0 Å². The number of rotatable bonds is 4. The molecule has 2 heterocycles. The summed E-state index contributed by atoms with van der Waals surface area (Å²) >= 11 is 0. The molecule has 26 heavy (non-hydrogen) atoms. The normalized spacial score (nSPS) is 18.3. The summed E-state index contributed by atoms with van der Waals surface area (Å²) < 4.78 is 0. The number of H-pyrrole nitrogens is 2. The van der Waals surface area contributed by atoms with E-state index in [2.05, 4.69) is 20.6 Å². The smallest absolute Gasteiger partial charge is 0.323 e. The maximum absolute atomic E-state index is 12.7. The van der Waals surface area contributed by atoms with Crippen molar-refractivity contribution in [2.75, 3.05) is 18.4 Å². The van der Waals surface area contributed by atoms with Crippen LogP contribution in [0.25, 0.3) is 11.0 Å². The number of hydrogen-bond donors (Lipinski definition) is 4. The van der Waals surface area contributed by atoms with Crippen LogP contribution in [0.5, 0.6) is 0 Å². The molecule has 0 unspecified atom stereocenters. The van der Waals surface area contributed by atoms with Gasteiger partial charge >= 0.3 is 5.69 Å². The van der Waals surface area contributed by atoms with Crippen molar-refractivity contribution in [2.24, 2.45) is 0 Å². The van der Waals surface area contributed by atoms with Crippen LogP contribution >= 0.6 is 0 Å². The number of amides is 2. The Hall–Kier alpha value is -2.61. The Kier molecular flexibility index (Phi) is 4.86. The van der Waals surface area contributed by atoms with Crippen molar-refractivity contribution < 1.29 is 9.59 Å². The van der Waals surface area contributed by atoms with Gasteiger partial charge in [0.1, 0.15) is 0 Å². The maximum atomic E-state index is 12.7. The maximum Gasteiger partial charge on any atom is 0.323 e. The zero-order valence-corrected chi connectivity index (χ0v) is 15.5. The molecule has 0 aliphatic carbocycles. The van der Waals surface area contributed by atoms with Crippen molar-refractivity contribution >= 4 is 28.5 Å². The van der Waals surface area contributed by atoms with Crippen LogP contribution in [0.3, 0.4) is 0 Å². The van der Waals surface area contributed by atoms with E-state index < -0.39 is 6.04 Å². The number of piperazine rings is 1. The number of nitrogens with zero attached hydrogens (tertiary/aromatic N) is 1. The molecule has 1 fully saturated rings. The Morgan fingerprint density at radius 3 is 2.73 bits per heavy atom. The molecule has 3 rings (SSSR count). The highest BCUT2D eigenvalue weighted by Gasteiger charge is 2.33. The van der Waals surface area contributed by atoms with Crippen LogP contribution in [0.2, 0.25) is 0 Å². The fourth-order valence-electron chi connectivity index (χ4n) is 3.49. The zero-order valence-electron chi connectivity index (χ0n) is 15.5. The molecule has 1 aliphatic heterocycles. The number of carbonyl (C=O) groups is 2. The van der Waals surface area contributed by atoms with Crippen molar-refractivity contribution in [3.05, 3.63) is 27.7 Å². The second kappa shape index (κ2) is 6.95. The Morgan fingerprint density at radius 1 is 1.31 bits per heavy atom. The van der Waals surface area contributed by atoms with Gasteiger partial charge in [0, 0.05) is 19.1 Å². The third-order valence-electron chi connectivity index (χ3n) is 5.01. The molecule has 0 bridgehead atoms. The molecule has 1 atom stereocenters. The molecule has 0 saturated carbocycles. The molecule has 1 aliphatic rings. The third kappa shape index (κ3) is 3.37. The minimum atomic E-state index is -0.491. The molecule has 1 aromatic carbocycles. The second-order valence-corrected chi connectivity index (χ2v) is 7.09. The standard InChI is InChI=1S/C18H25N5O3/c1-9(2)23-6-5-19-17(25)13(23)8-14(24)21-15-11(4)10(3)7-12-16(15)22-18(26)20-12/h7,9,13H,5-6,8H2,1-4H3,(H,19,25)(H,21,24)(H2,20,22,26)/t13-/m0/s1. The van der Waals surface area contributed by atoms with Gasteiger partial charge in [-0.3, -0.25) is 14.5 Å². The van der Waals surface area contributed by atoms with Crippen LogP contribution in [0.1, 0.15) is 31.4 Å². The van der Waals surface area contributed by atoms with Gasteiger partial charge in [0.15, 0.2) is 0 Å². The number of benzene rings is 1. The molecule has 0 spiro atoms. The SMILES string of the molecule is Cc1cc2[nH]c(=O)[nH]c2c(NC(=O)C[C@H]2C(=O)NCCN2C(C)C)c1C. The van der Waals surface area contributed by atoms with Gasteiger partial charge < -0.3 is 20.6 Å². The van der Waals surface area contributed by atoms with Crippen LogP contribution in [0.4, 0.5) is 5.69 Å². The zero-order chi connectivity index (χ0) is 19.0. The van der Waals surface area contributed by atoms with Crippen molar-refractivity contribution in [1.82, 2.24) is 20.2 Å². The summed E-state index contributed by atoms with van der Waals surface area (Å²) in [6, 6.07) is 1.55. The van der Waals surface area contributed by atoms with E-state index in [0.29, 0.717) is 23.3 Å². The highest BCUT2D eigenvalue weighted by Crippen LogP contribution is 2.27. The quantitative estimate of drug-likeness (QED) is 0.653. The van der Waals surface area contributed by atoms with Gasteiger partial charge in [-0.15, -0.1) is 0 Å². The summed E-state index contributed by atoms with van der Waals surface area (Å²) in [6.45, 7) is 9.16. The first-order chi connectivity index (χ1) is 12.3. The fourth-order valence-corrected chi connectivity index (χ4v) is 3.49. The van der Waals surface area contributed by atoms with Crippen molar-refractivity contribution in [3.8, 4) is 0 Å². The summed E-state index contributed by atoms with van der Waals surface area (Å²) in [5.41, 5.74) is 3.32. The Labute approximate surface area is 151 Å². The lowest BCUT2D eigenvalue weighted by Crippen LogP contribution is -2.58. The van der Waals surface area contributed by atoms with Gasteiger partial charge in [0.2, 0.25) is 11.8 Å². The molecule has 140 valence electrons. The Bertz CT molecular complexity index is 911. The van der Waals surface area contributed by atoms with Crippen LogP contribution < -0.4 is 16.3 Å². The molecular formula is C18H25N5O3. The predicted molar refractivity (Wildman–Crippen MR) is 100 cm³/mol. The number of imidazole rings is 1. The van der Waals surface area contributed by atoms with E-state index in [1.54, 1.807) is 0 Å². The first-order valence-electron chi connectivity index (χ1n) is 8.83. The van der Waals surface area contributed by atoms with Gasteiger partial charge in [-0.25, -0.2) is 4.79 Å². The number of nitrogens with one attached hydrogen (secondary N) is 4. The topological polar surface area (TPSA) is 110 Å². The van der Waals surface area contributed by atoms with Gasteiger partial charge in [0.25, 0.3) is 0 Å². The summed E-state index contributed by atoms with van der Waals surface area (Å²) in [7, 11) is 0. The highest BCUT2D eigenvalue weighted by molar-refractivity contribution is 6.02. The van der Waals surface area contributed by atoms with E-state index >= 15 is 0 Å². The monoisotopic (exact) mass is 359 g/mol. The number of anilines is 1. The van der Waals surface area contributed by atoms with E-state index in [1.807, 2.05) is 38.7 Å². The van der Waals surface area contributed by atoms with Crippen LogP contribution in [0.15, 0.2) is 10.9 Å². The van der Waals surface area contributed by atoms with Gasteiger partial charge in [0.05, 0.1) is 29.2 Å². The van der Waals surface area contributed by atoms with E-state index in [1.165, 1.54) is 0 Å². The first kappa shape index (κ1) is 18.2. The predicted octanol–water partition coefficient (Wildman–Crippen LogP) is 1.01. The van der Waals surface area contributed by atoms with E-state index in [0.717, 1.165) is 17.7 Å². The van der Waals surface area contributed by atoms with Crippen LogP contribution in [0, 0.1) is 13.8 Å². The molecule has 1 aromatic heterocycles. The summed E-state index contributed by atoms with van der Waals surface area (Å²) in [6.07, 6.45) is 0.0630. The highest BCUT2D eigenvalue weighted by atomic mass is 16.2. The molecule has 0 radical (unpaired) electrons. The number of aromatic nitrogens is 2. The van der Waals surface area contributed by atoms with Gasteiger partial charge in [-0.2, -0.15) is 0 Å². The van der Waals surface area contributed by atoms with Crippen LogP contribution in [-0.4, -0.2) is 51.9 Å². The number of carbonyl (C=O) groups excluding carboxylic acids is 2. The summed E-state index contributed by atoms with van der Waals surface area (Å²) in [5.74, 6) is -0.379. The van der Waals surface area contributed by atoms with Crippen LogP contribution in [-0.2, 0) is 9.59 Å². The fraction of sp³-hybridized carbons (Fsp3) is 0.500. The van der Waals surface area contributed by atoms with Gasteiger partial charge in [-0.05, 0) is 44.9 Å². The number of hydrogen-bond acceptors (Lipinski definition) is 4. The summed E-state index contributed by atoms with van der Waals surface area (Å²) in [5, 5.41) is 5.73. The molecule has 8 heteroatoms. The lowest BCUT2D eigenvalue weighted by atomic mass is 10.0.